The number of carbonyl (C=O) groups is 1. The van der Waals surface area contributed by atoms with Crippen LogP contribution < -0.4 is 25.3 Å². The molecule has 3 N–H and O–H groups in total. The van der Waals surface area contributed by atoms with Crippen molar-refractivity contribution in [3.63, 3.8) is 0 Å². The monoisotopic (exact) mass is 725 g/mol. The summed E-state index contributed by atoms with van der Waals surface area (Å²) in [6, 6.07) is 2.43. The quantitative estimate of drug-likeness (QED) is 0.230. The molecule has 12 nitrogen and oxygen atoms in total. The zero-order chi connectivity index (χ0) is 34.8. The zero-order valence-electron chi connectivity index (χ0n) is 27.3. The maximum atomic E-state index is 17.1. The fourth-order valence-electron chi connectivity index (χ4n) is 7.43. The number of thiophene rings is 1. The lowest BCUT2D eigenvalue weighted by Crippen LogP contribution is -2.52. The molecule has 3 saturated heterocycles. The summed E-state index contributed by atoms with van der Waals surface area (Å²) in [5.74, 6) is -1.43. The minimum atomic E-state index is -0.837. The highest BCUT2D eigenvalue weighted by molar-refractivity contribution is 7.23. The van der Waals surface area contributed by atoms with E-state index < -0.39 is 17.7 Å². The van der Waals surface area contributed by atoms with Gasteiger partial charge in [0.05, 0.1) is 40.6 Å². The lowest BCUT2D eigenvalue weighted by molar-refractivity contribution is -0.00187. The molecule has 0 bridgehead atoms. The van der Waals surface area contributed by atoms with Crippen LogP contribution in [0.2, 0.25) is 5.02 Å². The molecule has 2 aromatic heterocycles. The number of carbonyl (C=O) groups excluding carboxylic acids is 1. The molecule has 4 aliphatic heterocycles. The number of urea groups is 1. The molecule has 16 heteroatoms. The van der Waals surface area contributed by atoms with Crippen molar-refractivity contribution in [2.45, 2.75) is 50.5 Å². The standard InChI is InChI=1S/C34H34ClF2N7O5S/c1-15(20-5-4-9-43(20)3)48-33-41-27-24-29(25(35)22(26(27)37)18-6-7-19(36)30-23(18)28(39-2)31(38)50-30)47-14-21(49-32(24)42-33)16-8-10-44(11-16)34(45)40-17-12-46-13-17/h6-7,15-17,20-21H,4-5,8-14,38H2,1,3H3,(H,40,45)/t15-,16?,20-,21?/m0/s1. The number of hydrogen-bond acceptors (Lipinski definition) is 10. The summed E-state index contributed by atoms with van der Waals surface area (Å²) in [5, 5.41) is 3.26. The van der Waals surface area contributed by atoms with E-state index in [0.29, 0.717) is 32.7 Å². The Morgan fingerprint density at radius 3 is 2.76 bits per heavy atom. The van der Waals surface area contributed by atoms with Crippen LogP contribution in [0.5, 0.6) is 17.6 Å². The van der Waals surface area contributed by atoms with Crippen LogP contribution in [0.4, 0.5) is 24.3 Å². The number of ether oxygens (including phenoxy) is 4. The van der Waals surface area contributed by atoms with E-state index in [1.54, 1.807) is 4.90 Å². The number of aromatic nitrogens is 2. The molecule has 4 aliphatic rings. The van der Waals surface area contributed by atoms with Gasteiger partial charge in [-0.05, 0) is 51.4 Å². The first-order valence-electron chi connectivity index (χ1n) is 16.5. The van der Waals surface area contributed by atoms with E-state index in [0.717, 1.165) is 30.7 Å². The third kappa shape index (κ3) is 5.49. The summed E-state index contributed by atoms with van der Waals surface area (Å²) in [4.78, 5) is 29.6. The van der Waals surface area contributed by atoms with Gasteiger partial charge in [-0.25, -0.2) is 18.4 Å². The first-order chi connectivity index (χ1) is 24.1. The maximum absolute atomic E-state index is 17.1. The van der Waals surface area contributed by atoms with Crippen LogP contribution in [0, 0.1) is 24.1 Å². The Hall–Kier alpha value is -4.23. The number of benzene rings is 2. The topological polar surface area (TPSA) is 129 Å². The van der Waals surface area contributed by atoms with Gasteiger partial charge in [0, 0.05) is 36.0 Å². The highest BCUT2D eigenvalue weighted by Gasteiger charge is 2.39. The summed E-state index contributed by atoms with van der Waals surface area (Å²) in [6.45, 7) is 12.5. The average molecular weight is 726 g/mol. The van der Waals surface area contributed by atoms with E-state index in [1.807, 2.05) is 14.0 Å². The highest BCUT2D eigenvalue weighted by Crippen LogP contribution is 2.52. The van der Waals surface area contributed by atoms with Crippen LogP contribution >= 0.6 is 22.9 Å². The SMILES string of the molecule is [C-]#[N+]c1c(N)sc2c(F)ccc(-c3c(Cl)c4c5c(nc(O[C@@H](C)[C@@H]6CCCN6C)nc5c3F)OC(C3CCN(C(=O)NC5COC5)C3)CO4)c12. The molecular formula is C34H34ClF2N7O5S. The second-order valence-corrected chi connectivity index (χ2v) is 14.7. The van der Waals surface area contributed by atoms with Crippen LogP contribution in [0.1, 0.15) is 26.2 Å². The Morgan fingerprint density at radius 2 is 2.04 bits per heavy atom. The maximum Gasteiger partial charge on any atom is 0.320 e. The molecule has 0 spiro atoms. The summed E-state index contributed by atoms with van der Waals surface area (Å²) >= 11 is 7.94. The summed E-state index contributed by atoms with van der Waals surface area (Å²) in [6.07, 6.45) is 1.69. The normalized spacial score (nSPS) is 22.9. The number of halogens is 3. The van der Waals surface area contributed by atoms with Gasteiger partial charge in [-0.3, -0.25) is 4.90 Å². The Bertz CT molecular complexity index is 2070. The third-order valence-electron chi connectivity index (χ3n) is 10.2. The molecule has 4 atom stereocenters. The van der Waals surface area contributed by atoms with Gasteiger partial charge in [0.25, 0.3) is 0 Å². The Labute approximate surface area is 295 Å². The first-order valence-corrected chi connectivity index (χ1v) is 17.7. The van der Waals surface area contributed by atoms with Crippen molar-refractivity contribution in [3.05, 3.63) is 40.2 Å². The lowest BCUT2D eigenvalue weighted by atomic mass is 9.98. The van der Waals surface area contributed by atoms with E-state index >= 15 is 8.78 Å². The van der Waals surface area contributed by atoms with Crippen molar-refractivity contribution in [1.29, 1.82) is 0 Å². The van der Waals surface area contributed by atoms with Gasteiger partial charge >= 0.3 is 12.0 Å². The fraction of sp³-hybridized carbons (Fsp3) is 0.471. The first kappa shape index (κ1) is 32.9. The van der Waals surface area contributed by atoms with Crippen LogP contribution in [0.25, 0.3) is 37.0 Å². The number of anilines is 1. The van der Waals surface area contributed by atoms with Gasteiger partial charge in [0.2, 0.25) is 11.6 Å². The number of fused-ring (bicyclic) bond motifs is 1. The average Bonchev–Trinajstić information content (AvgIpc) is 3.79. The fourth-order valence-corrected chi connectivity index (χ4v) is 8.71. The number of rotatable bonds is 6. The smallest absolute Gasteiger partial charge is 0.320 e. The Kier molecular flexibility index (Phi) is 8.45. The summed E-state index contributed by atoms with van der Waals surface area (Å²) in [5.41, 5.74) is 6.01. The number of nitrogens with two attached hydrogens (primary N) is 1. The van der Waals surface area contributed by atoms with Crippen LogP contribution in [-0.2, 0) is 4.74 Å². The van der Waals surface area contributed by atoms with Crippen molar-refractivity contribution in [3.8, 4) is 28.8 Å². The zero-order valence-corrected chi connectivity index (χ0v) is 28.9. The summed E-state index contributed by atoms with van der Waals surface area (Å²) < 4.78 is 56.6. The number of nitrogens with one attached hydrogen (secondary N) is 1. The van der Waals surface area contributed by atoms with E-state index in [2.05, 4.69) is 25.0 Å². The molecule has 2 amide bonds. The lowest BCUT2D eigenvalue weighted by Gasteiger charge is -2.29. The van der Waals surface area contributed by atoms with Gasteiger partial charge < -0.3 is 34.9 Å². The molecule has 50 heavy (non-hydrogen) atoms. The molecule has 0 saturated carbocycles. The molecule has 0 aliphatic carbocycles. The van der Waals surface area contributed by atoms with Gasteiger partial charge in [0.15, 0.2) is 11.6 Å². The van der Waals surface area contributed by atoms with Crippen molar-refractivity contribution in [2.24, 2.45) is 5.92 Å². The van der Waals surface area contributed by atoms with E-state index in [9.17, 15) is 4.79 Å². The minimum Gasteiger partial charge on any atom is -0.487 e. The number of amides is 2. The molecular weight excluding hydrogens is 692 g/mol. The van der Waals surface area contributed by atoms with E-state index in [-0.39, 0.29) is 102 Å². The number of hydrogen-bond donors (Lipinski definition) is 2. The largest absolute Gasteiger partial charge is 0.487 e. The molecule has 0 radical (unpaired) electrons. The molecule has 2 unspecified atom stereocenters. The number of nitrogen functional groups attached to an aromatic ring is 1. The second kappa shape index (κ2) is 12.8. The van der Waals surface area contributed by atoms with Gasteiger partial charge in [-0.1, -0.05) is 17.7 Å². The van der Waals surface area contributed by atoms with Gasteiger partial charge in [0.1, 0.15) is 35.5 Å². The third-order valence-corrected chi connectivity index (χ3v) is 11.5. The van der Waals surface area contributed by atoms with E-state index in [1.165, 1.54) is 12.1 Å². The van der Waals surface area contributed by atoms with Gasteiger partial charge in [-0.2, -0.15) is 9.97 Å². The highest BCUT2D eigenvalue weighted by atomic mass is 35.5. The second-order valence-electron chi connectivity index (χ2n) is 13.3. The van der Waals surface area contributed by atoms with Gasteiger partial charge in [-0.15, -0.1) is 11.3 Å². The van der Waals surface area contributed by atoms with E-state index in [4.69, 9.17) is 42.9 Å². The molecule has 4 aromatic rings. The summed E-state index contributed by atoms with van der Waals surface area (Å²) in [7, 11) is 2.03. The number of likely N-dealkylation sites (N-methyl/N-ethyl adjacent to an activating group) is 1. The molecule has 8 rings (SSSR count). The number of likely N-dealkylation sites (tertiary alicyclic amines) is 2. The minimum absolute atomic E-state index is 0.00221. The van der Waals surface area contributed by atoms with Crippen molar-refractivity contribution < 1.29 is 32.5 Å². The molecule has 262 valence electrons. The van der Waals surface area contributed by atoms with Crippen molar-refractivity contribution in [2.75, 3.05) is 52.2 Å². The van der Waals surface area contributed by atoms with Crippen LogP contribution in [0.15, 0.2) is 12.1 Å². The Balaban J connectivity index is 1.23. The molecule has 3 fully saturated rings. The predicted molar refractivity (Wildman–Crippen MR) is 184 cm³/mol. The molecule has 2 aromatic carbocycles. The van der Waals surface area contributed by atoms with Crippen LogP contribution in [-0.4, -0.2) is 96.6 Å². The van der Waals surface area contributed by atoms with Crippen LogP contribution in [0.3, 0.4) is 0 Å². The van der Waals surface area contributed by atoms with Crippen molar-refractivity contribution in [1.82, 2.24) is 25.1 Å². The van der Waals surface area contributed by atoms with Crippen molar-refractivity contribution >= 4 is 60.6 Å². The Morgan fingerprint density at radius 1 is 1.22 bits per heavy atom. The number of nitrogens with zero attached hydrogens (tertiary/aromatic N) is 5. The molecule has 6 heterocycles. The predicted octanol–water partition coefficient (Wildman–Crippen LogP) is 6.01.